The first-order valence-electron chi connectivity index (χ1n) is 6.40. The molecular weight excluding hydrogens is 347 g/mol. The van der Waals surface area contributed by atoms with Crippen LogP contribution in [-0.2, 0) is 21.3 Å². The minimum absolute atomic E-state index is 0.0506. The number of ether oxygens (including phenoxy) is 1. The van der Waals surface area contributed by atoms with Gasteiger partial charge in [0.25, 0.3) is 0 Å². The van der Waals surface area contributed by atoms with Gasteiger partial charge in [-0.05, 0) is 42.3 Å². The van der Waals surface area contributed by atoms with E-state index in [1.54, 1.807) is 31.4 Å². The molecule has 0 aliphatic carbocycles. The standard InChI is InChI=1S/C15H14Cl2O4S/c1-20-9-8-11-2-4-12(5-3-11)21-22(18,19)13-6-7-14(16)15(17)10-13/h2-7,10H,8-9H2,1H3. The van der Waals surface area contributed by atoms with Gasteiger partial charge in [0.2, 0.25) is 0 Å². The Labute approximate surface area is 139 Å². The molecule has 0 saturated carbocycles. The highest BCUT2D eigenvalue weighted by atomic mass is 35.5. The van der Waals surface area contributed by atoms with Crippen LogP contribution < -0.4 is 4.18 Å². The van der Waals surface area contributed by atoms with E-state index in [9.17, 15) is 8.42 Å². The summed E-state index contributed by atoms with van der Waals surface area (Å²) in [5.74, 6) is 0.229. The highest BCUT2D eigenvalue weighted by Gasteiger charge is 2.18. The molecule has 118 valence electrons. The van der Waals surface area contributed by atoms with Gasteiger partial charge in [-0.25, -0.2) is 0 Å². The molecule has 0 saturated heterocycles. The zero-order chi connectivity index (χ0) is 16.2. The lowest BCUT2D eigenvalue weighted by molar-refractivity contribution is 0.202. The highest BCUT2D eigenvalue weighted by Crippen LogP contribution is 2.26. The van der Waals surface area contributed by atoms with E-state index < -0.39 is 10.1 Å². The average molecular weight is 361 g/mol. The van der Waals surface area contributed by atoms with Gasteiger partial charge in [-0.3, -0.25) is 0 Å². The molecule has 0 fully saturated rings. The van der Waals surface area contributed by atoms with Gasteiger partial charge in [0.1, 0.15) is 10.6 Å². The monoisotopic (exact) mass is 360 g/mol. The van der Waals surface area contributed by atoms with E-state index in [4.69, 9.17) is 32.1 Å². The summed E-state index contributed by atoms with van der Waals surface area (Å²) in [7, 11) is -2.32. The summed E-state index contributed by atoms with van der Waals surface area (Å²) in [5, 5.41) is 0.435. The van der Waals surface area contributed by atoms with E-state index in [2.05, 4.69) is 0 Å². The number of rotatable bonds is 6. The van der Waals surface area contributed by atoms with Gasteiger partial charge in [-0.15, -0.1) is 0 Å². The fraction of sp³-hybridized carbons (Fsp3) is 0.200. The van der Waals surface area contributed by atoms with E-state index in [1.165, 1.54) is 18.2 Å². The topological polar surface area (TPSA) is 52.6 Å². The molecular formula is C15H14Cl2O4S. The third kappa shape index (κ3) is 4.36. The molecule has 0 radical (unpaired) electrons. The molecule has 0 aliphatic heterocycles. The molecule has 2 aromatic rings. The van der Waals surface area contributed by atoms with Crippen molar-refractivity contribution in [3.8, 4) is 5.75 Å². The molecule has 0 aromatic heterocycles. The second-order valence-electron chi connectivity index (χ2n) is 4.50. The number of hydrogen-bond acceptors (Lipinski definition) is 4. The van der Waals surface area contributed by atoms with Crippen molar-refractivity contribution in [1.82, 2.24) is 0 Å². The maximum absolute atomic E-state index is 12.2. The summed E-state index contributed by atoms with van der Waals surface area (Å²) in [5.41, 5.74) is 1.03. The average Bonchev–Trinajstić information content (AvgIpc) is 2.49. The summed E-state index contributed by atoms with van der Waals surface area (Å²) in [6, 6.07) is 10.8. The summed E-state index contributed by atoms with van der Waals surface area (Å²) < 4.78 is 34.4. The highest BCUT2D eigenvalue weighted by molar-refractivity contribution is 7.87. The van der Waals surface area contributed by atoms with Gasteiger partial charge in [0.05, 0.1) is 16.7 Å². The van der Waals surface area contributed by atoms with Crippen molar-refractivity contribution in [2.75, 3.05) is 13.7 Å². The van der Waals surface area contributed by atoms with Crippen molar-refractivity contribution in [2.24, 2.45) is 0 Å². The zero-order valence-corrected chi connectivity index (χ0v) is 14.1. The van der Waals surface area contributed by atoms with E-state index in [0.29, 0.717) is 6.61 Å². The molecule has 0 N–H and O–H groups in total. The Kier molecular flexibility index (Phi) is 5.69. The quantitative estimate of drug-likeness (QED) is 0.731. The largest absolute Gasteiger partial charge is 0.384 e. The van der Waals surface area contributed by atoms with Crippen LogP contribution >= 0.6 is 23.2 Å². The minimum atomic E-state index is -3.95. The Bertz CT molecular complexity index is 743. The van der Waals surface area contributed by atoms with Crippen LogP contribution in [0.25, 0.3) is 0 Å². The van der Waals surface area contributed by atoms with Crippen molar-refractivity contribution in [3.05, 3.63) is 58.1 Å². The van der Waals surface area contributed by atoms with Crippen molar-refractivity contribution in [2.45, 2.75) is 11.3 Å². The Hall–Kier alpha value is -1.27. The normalized spacial score (nSPS) is 11.4. The molecule has 7 heteroatoms. The van der Waals surface area contributed by atoms with Crippen LogP contribution in [0.3, 0.4) is 0 Å². The lowest BCUT2D eigenvalue weighted by Crippen LogP contribution is -2.09. The molecule has 4 nitrogen and oxygen atoms in total. The first kappa shape index (κ1) is 17.1. The van der Waals surface area contributed by atoms with Crippen LogP contribution in [-0.4, -0.2) is 22.1 Å². The molecule has 2 aromatic carbocycles. The molecule has 0 spiro atoms. The van der Waals surface area contributed by atoms with Crippen LogP contribution in [0.15, 0.2) is 47.4 Å². The van der Waals surface area contributed by atoms with Gasteiger partial charge >= 0.3 is 10.1 Å². The van der Waals surface area contributed by atoms with Gasteiger partial charge in [0.15, 0.2) is 0 Å². The number of benzene rings is 2. The Morgan fingerprint density at radius 3 is 2.27 bits per heavy atom. The smallest absolute Gasteiger partial charge is 0.339 e. The Morgan fingerprint density at radius 1 is 1.00 bits per heavy atom. The predicted octanol–water partition coefficient (Wildman–Crippen LogP) is 3.95. The predicted molar refractivity (Wildman–Crippen MR) is 86.3 cm³/mol. The van der Waals surface area contributed by atoms with Crippen LogP contribution in [0.4, 0.5) is 0 Å². The van der Waals surface area contributed by atoms with Crippen LogP contribution in [0.1, 0.15) is 5.56 Å². The second kappa shape index (κ2) is 7.33. The molecule has 0 aliphatic rings. The molecule has 2 rings (SSSR count). The first-order valence-corrected chi connectivity index (χ1v) is 8.56. The maximum Gasteiger partial charge on any atom is 0.339 e. The fourth-order valence-electron chi connectivity index (χ4n) is 1.74. The molecule has 0 heterocycles. The molecule has 22 heavy (non-hydrogen) atoms. The lowest BCUT2D eigenvalue weighted by Gasteiger charge is -2.08. The molecule has 0 atom stereocenters. The van der Waals surface area contributed by atoms with Crippen LogP contribution in [0.2, 0.25) is 10.0 Å². The summed E-state index contributed by atoms with van der Waals surface area (Å²) >= 11 is 11.6. The van der Waals surface area contributed by atoms with Crippen LogP contribution in [0.5, 0.6) is 5.75 Å². The summed E-state index contributed by atoms with van der Waals surface area (Å²) in [4.78, 5) is -0.0506. The Balaban J connectivity index is 2.16. The van der Waals surface area contributed by atoms with Gasteiger partial charge in [-0.1, -0.05) is 35.3 Å². The first-order chi connectivity index (χ1) is 10.4. The van der Waals surface area contributed by atoms with E-state index in [1.807, 2.05) is 0 Å². The van der Waals surface area contributed by atoms with E-state index in [0.717, 1.165) is 12.0 Å². The van der Waals surface area contributed by atoms with E-state index in [-0.39, 0.29) is 20.7 Å². The lowest BCUT2D eigenvalue weighted by atomic mass is 10.1. The van der Waals surface area contributed by atoms with Gasteiger partial charge < -0.3 is 8.92 Å². The van der Waals surface area contributed by atoms with Gasteiger partial charge in [-0.2, -0.15) is 8.42 Å². The zero-order valence-electron chi connectivity index (χ0n) is 11.8. The summed E-state index contributed by atoms with van der Waals surface area (Å²) in [6.45, 7) is 0.599. The van der Waals surface area contributed by atoms with E-state index >= 15 is 0 Å². The SMILES string of the molecule is COCCc1ccc(OS(=O)(=O)c2ccc(Cl)c(Cl)c2)cc1. The third-order valence-corrected chi connectivity index (χ3v) is 4.89. The number of hydrogen-bond donors (Lipinski definition) is 0. The van der Waals surface area contributed by atoms with Crippen molar-refractivity contribution >= 4 is 33.3 Å². The third-order valence-electron chi connectivity index (χ3n) is 2.90. The fourth-order valence-corrected chi connectivity index (χ4v) is 3.06. The van der Waals surface area contributed by atoms with Crippen LogP contribution in [0, 0.1) is 0 Å². The number of methoxy groups -OCH3 is 1. The maximum atomic E-state index is 12.2. The summed E-state index contributed by atoms with van der Waals surface area (Å²) in [6.07, 6.45) is 0.746. The van der Waals surface area contributed by atoms with Crippen molar-refractivity contribution in [1.29, 1.82) is 0 Å². The van der Waals surface area contributed by atoms with Crippen molar-refractivity contribution in [3.63, 3.8) is 0 Å². The molecule has 0 amide bonds. The second-order valence-corrected chi connectivity index (χ2v) is 6.86. The Morgan fingerprint density at radius 2 is 1.68 bits per heavy atom. The van der Waals surface area contributed by atoms with Gasteiger partial charge in [0, 0.05) is 7.11 Å². The number of halogens is 2. The minimum Gasteiger partial charge on any atom is -0.384 e. The molecule has 0 unspecified atom stereocenters. The molecule has 0 bridgehead atoms. The van der Waals surface area contributed by atoms with Crippen molar-refractivity contribution < 1.29 is 17.3 Å².